The molecule has 1 aliphatic heterocycles. The number of esters is 1. The summed E-state index contributed by atoms with van der Waals surface area (Å²) in [5.74, 6) is -1.45. The molecule has 1 aliphatic rings. The van der Waals surface area contributed by atoms with Gasteiger partial charge in [-0.15, -0.1) is 0 Å². The van der Waals surface area contributed by atoms with Crippen LogP contribution >= 0.6 is 0 Å². The van der Waals surface area contributed by atoms with Gasteiger partial charge < -0.3 is 9.64 Å². The number of amides is 1. The maximum Gasteiger partial charge on any atom is 0.339 e. The molecule has 0 radical (unpaired) electrons. The Labute approximate surface area is 173 Å². The molecule has 30 heavy (non-hydrogen) atoms. The number of aromatic nitrogens is 1. The number of benzene rings is 2. The molecule has 0 fully saturated rings. The van der Waals surface area contributed by atoms with Crippen LogP contribution in [0.2, 0.25) is 0 Å². The maximum absolute atomic E-state index is 14.1. The minimum atomic E-state index is -0.564. The quantitative estimate of drug-likeness (QED) is 0.483. The highest BCUT2D eigenvalue weighted by molar-refractivity contribution is 6.05. The van der Waals surface area contributed by atoms with Crippen molar-refractivity contribution in [2.45, 2.75) is 19.9 Å². The normalized spacial score (nSPS) is 13.1. The smallest absolute Gasteiger partial charge is 0.339 e. The Kier molecular flexibility index (Phi) is 5.31. The molecule has 6 heteroatoms. The number of pyridine rings is 1. The van der Waals surface area contributed by atoms with Gasteiger partial charge in [0.05, 0.1) is 16.6 Å². The van der Waals surface area contributed by atoms with E-state index < -0.39 is 17.7 Å². The Morgan fingerprint density at radius 2 is 2.07 bits per heavy atom. The maximum atomic E-state index is 14.1. The molecule has 0 atom stereocenters. The molecule has 3 aromatic rings. The fourth-order valence-corrected chi connectivity index (χ4v) is 3.77. The second-order valence-electron chi connectivity index (χ2n) is 7.28. The zero-order chi connectivity index (χ0) is 21.3. The lowest BCUT2D eigenvalue weighted by atomic mass is 9.94. The van der Waals surface area contributed by atoms with E-state index in [0.29, 0.717) is 35.0 Å². The predicted octanol–water partition coefficient (Wildman–Crippen LogP) is 4.22. The standard InChI is InChI=1S/C24H21FN2O3/c1-3-12-30-24(29)22-17-13-15(2)8-9-20(17)26-21-10-11-27(14-18(21)22)23(28)16-6-4-5-7-19(16)25/h3-9,13H,1,10-12,14H2,2H3. The number of nitrogens with zero attached hydrogens (tertiary/aromatic N) is 2. The number of hydrogen-bond donors (Lipinski definition) is 0. The molecule has 1 aromatic heterocycles. The van der Waals surface area contributed by atoms with E-state index in [1.807, 2.05) is 25.1 Å². The molecule has 0 spiro atoms. The number of aryl methyl sites for hydroxylation is 1. The van der Waals surface area contributed by atoms with E-state index >= 15 is 0 Å². The Morgan fingerprint density at radius 1 is 1.27 bits per heavy atom. The summed E-state index contributed by atoms with van der Waals surface area (Å²) in [5, 5.41) is 0.683. The molecule has 0 bridgehead atoms. The van der Waals surface area contributed by atoms with Gasteiger partial charge in [-0.05, 0) is 31.2 Å². The van der Waals surface area contributed by atoms with Crippen LogP contribution in [-0.2, 0) is 17.7 Å². The number of hydrogen-bond acceptors (Lipinski definition) is 4. The van der Waals surface area contributed by atoms with Crippen LogP contribution in [0.25, 0.3) is 10.9 Å². The van der Waals surface area contributed by atoms with Crippen molar-refractivity contribution < 1.29 is 18.7 Å². The summed E-state index contributed by atoms with van der Waals surface area (Å²) in [6, 6.07) is 11.6. The molecule has 5 nitrogen and oxygen atoms in total. The zero-order valence-electron chi connectivity index (χ0n) is 16.7. The summed E-state index contributed by atoms with van der Waals surface area (Å²) in [6.07, 6.45) is 1.98. The summed E-state index contributed by atoms with van der Waals surface area (Å²) in [7, 11) is 0. The fraction of sp³-hybridized carbons (Fsp3) is 0.208. The highest BCUT2D eigenvalue weighted by Gasteiger charge is 2.30. The lowest BCUT2D eigenvalue weighted by Gasteiger charge is -2.30. The first-order chi connectivity index (χ1) is 14.5. The first-order valence-electron chi connectivity index (χ1n) is 9.73. The molecule has 0 saturated carbocycles. The van der Waals surface area contributed by atoms with Gasteiger partial charge in [0.1, 0.15) is 12.4 Å². The van der Waals surface area contributed by atoms with Crippen LogP contribution in [0.15, 0.2) is 55.1 Å². The summed E-state index contributed by atoms with van der Waals surface area (Å²) >= 11 is 0. The average molecular weight is 404 g/mol. The van der Waals surface area contributed by atoms with E-state index in [1.54, 1.807) is 17.0 Å². The monoisotopic (exact) mass is 404 g/mol. The van der Waals surface area contributed by atoms with Crippen LogP contribution in [0.5, 0.6) is 0 Å². The minimum absolute atomic E-state index is 0.0151. The SMILES string of the molecule is C=CCOC(=O)c1c2c(nc3ccc(C)cc13)CCN(C(=O)c1ccccc1F)C2. The predicted molar refractivity (Wildman–Crippen MR) is 112 cm³/mol. The zero-order valence-corrected chi connectivity index (χ0v) is 16.7. The number of fused-ring (bicyclic) bond motifs is 2. The van der Waals surface area contributed by atoms with Gasteiger partial charge in [0.25, 0.3) is 5.91 Å². The third kappa shape index (κ3) is 3.56. The second kappa shape index (κ2) is 8.06. The van der Waals surface area contributed by atoms with Gasteiger partial charge in [-0.1, -0.05) is 36.4 Å². The summed E-state index contributed by atoms with van der Waals surface area (Å²) in [4.78, 5) is 32.2. The summed E-state index contributed by atoms with van der Waals surface area (Å²) < 4.78 is 19.5. The van der Waals surface area contributed by atoms with Crippen LogP contribution in [0.3, 0.4) is 0 Å². The van der Waals surface area contributed by atoms with Crippen LogP contribution in [0, 0.1) is 12.7 Å². The van der Waals surface area contributed by atoms with Crippen molar-refractivity contribution >= 4 is 22.8 Å². The van der Waals surface area contributed by atoms with E-state index in [9.17, 15) is 14.0 Å². The van der Waals surface area contributed by atoms with Crippen LogP contribution < -0.4 is 0 Å². The van der Waals surface area contributed by atoms with Crippen LogP contribution in [0.1, 0.15) is 37.5 Å². The second-order valence-corrected chi connectivity index (χ2v) is 7.28. The van der Waals surface area contributed by atoms with Crippen molar-refractivity contribution in [3.05, 3.63) is 88.9 Å². The number of halogens is 1. The average Bonchev–Trinajstić information content (AvgIpc) is 2.75. The Morgan fingerprint density at radius 3 is 2.83 bits per heavy atom. The molecule has 2 heterocycles. The fourth-order valence-electron chi connectivity index (χ4n) is 3.77. The molecule has 4 rings (SSSR count). The summed E-state index contributed by atoms with van der Waals surface area (Å²) in [6.45, 7) is 6.17. The highest BCUT2D eigenvalue weighted by atomic mass is 19.1. The largest absolute Gasteiger partial charge is 0.458 e. The molecule has 0 saturated heterocycles. The van der Waals surface area contributed by atoms with E-state index in [0.717, 1.165) is 11.3 Å². The number of ether oxygens (including phenoxy) is 1. The van der Waals surface area contributed by atoms with E-state index in [2.05, 4.69) is 6.58 Å². The Hall–Kier alpha value is -3.54. The first-order valence-corrected chi connectivity index (χ1v) is 9.73. The van der Waals surface area contributed by atoms with Gasteiger partial charge in [-0.25, -0.2) is 9.18 Å². The Bertz CT molecular complexity index is 1170. The summed E-state index contributed by atoms with van der Waals surface area (Å²) in [5.41, 5.74) is 3.52. The first kappa shape index (κ1) is 19.8. The van der Waals surface area contributed by atoms with Gasteiger partial charge in [0.15, 0.2) is 0 Å². The van der Waals surface area contributed by atoms with E-state index in [1.165, 1.54) is 18.2 Å². The van der Waals surface area contributed by atoms with Crippen molar-refractivity contribution in [1.29, 1.82) is 0 Å². The molecule has 2 aromatic carbocycles. The molecule has 152 valence electrons. The third-order valence-corrected chi connectivity index (χ3v) is 5.22. The van der Waals surface area contributed by atoms with E-state index in [4.69, 9.17) is 9.72 Å². The lowest BCUT2D eigenvalue weighted by molar-refractivity contribution is 0.0544. The van der Waals surface area contributed by atoms with Gasteiger partial charge in [-0.3, -0.25) is 9.78 Å². The topological polar surface area (TPSA) is 59.5 Å². The molecule has 0 unspecified atom stereocenters. The number of carbonyl (C=O) groups is 2. The van der Waals surface area contributed by atoms with Crippen molar-refractivity contribution in [2.24, 2.45) is 0 Å². The molecule has 0 aliphatic carbocycles. The lowest BCUT2D eigenvalue weighted by Crippen LogP contribution is -2.37. The van der Waals surface area contributed by atoms with Crippen LogP contribution in [0.4, 0.5) is 4.39 Å². The van der Waals surface area contributed by atoms with Crippen LogP contribution in [-0.4, -0.2) is 34.9 Å². The number of rotatable bonds is 4. The third-order valence-electron chi connectivity index (χ3n) is 5.22. The molecular formula is C24H21FN2O3. The molecule has 0 N–H and O–H groups in total. The van der Waals surface area contributed by atoms with Gasteiger partial charge in [0, 0.05) is 36.2 Å². The van der Waals surface area contributed by atoms with Crippen molar-refractivity contribution in [1.82, 2.24) is 9.88 Å². The Balaban J connectivity index is 1.80. The molecule has 1 amide bonds. The van der Waals surface area contributed by atoms with Gasteiger partial charge in [-0.2, -0.15) is 0 Å². The van der Waals surface area contributed by atoms with Crippen molar-refractivity contribution in [2.75, 3.05) is 13.2 Å². The van der Waals surface area contributed by atoms with Crippen molar-refractivity contribution in [3.8, 4) is 0 Å². The van der Waals surface area contributed by atoms with Gasteiger partial charge >= 0.3 is 5.97 Å². The minimum Gasteiger partial charge on any atom is -0.458 e. The number of carbonyl (C=O) groups excluding carboxylic acids is 2. The van der Waals surface area contributed by atoms with Gasteiger partial charge in [0.2, 0.25) is 0 Å². The van der Waals surface area contributed by atoms with E-state index in [-0.39, 0.29) is 18.7 Å². The van der Waals surface area contributed by atoms with Crippen molar-refractivity contribution in [3.63, 3.8) is 0 Å². The molecular weight excluding hydrogens is 383 g/mol. The highest BCUT2D eigenvalue weighted by Crippen LogP contribution is 2.30.